The molecule has 1 saturated heterocycles. The zero-order valence-electron chi connectivity index (χ0n) is 16.9. The van der Waals surface area contributed by atoms with E-state index in [1.165, 1.54) is 0 Å². The number of halogens is 1. The van der Waals surface area contributed by atoms with E-state index in [1.807, 2.05) is 43.3 Å². The first-order chi connectivity index (χ1) is 14.5. The van der Waals surface area contributed by atoms with Gasteiger partial charge in [0.2, 0.25) is 11.8 Å². The van der Waals surface area contributed by atoms with Crippen molar-refractivity contribution >= 4 is 33.4 Å². The van der Waals surface area contributed by atoms with E-state index >= 15 is 0 Å². The lowest BCUT2D eigenvalue weighted by Gasteiger charge is -2.35. The average molecular weight is 473 g/mol. The molecule has 4 rings (SSSR count). The van der Waals surface area contributed by atoms with Crippen molar-refractivity contribution in [1.82, 2.24) is 5.32 Å². The Kier molecular flexibility index (Phi) is 5.99. The number of nitrogens with one attached hydrogen (secondary N) is 2. The number of fused-ring (bicyclic) bond motifs is 1. The zero-order chi connectivity index (χ0) is 21.1. The van der Waals surface area contributed by atoms with Gasteiger partial charge in [-0.1, -0.05) is 19.1 Å². The molecule has 0 aromatic heterocycles. The molecule has 2 N–H and O–H groups in total. The fourth-order valence-electron chi connectivity index (χ4n) is 4.06. The number of benzene rings is 2. The number of hydrogen-bond donors (Lipinski definition) is 2. The van der Waals surface area contributed by atoms with E-state index in [0.29, 0.717) is 39.0 Å². The van der Waals surface area contributed by atoms with Gasteiger partial charge in [-0.2, -0.15) is 0 Å². The summed E-state index contributed by atoms with van der Waals surface area (Å²) in [5.41, 5.74) is 2.34. The normalized spacial score (nSPS) is 21.0. The third-order valence-corrected chi connectivity index (χ3v) is 6.46. The number of carbonyl (C=O) groups is 2. The van der Waals surface area contributed by atoms with Crippen LogP contribution in [0.1, 0.15) is 43.7 Å². The molecular formula is C23H25BrN2O4. The molecule has 2 aromatic rings. The van der Waals surface area contributed by atoms with Crippen molar-refractivity contribution < 1.29 is 19.1 Å². The number of hydrogen-bond acceptors (Lipinski definition) is 5. The molecule has 30 heavy (non-hydrogen) atoms. The predicted octanol–water partition coefficient (Wildman–Crippen LogP) is 4.31. The smallest absolute Gasteiger partial charge is 0.237 e. The topological polar surface area (TPSA) is 76.7 Å². The molecule has 2 aliphatic rings. The lowest BCUT2D eigenvalue weighted by molar-refractivity contribution is -0.138. The van der Waals surface area contributed by atoms with Gasteiger partial charge in [-0.15, -0.1) is 0 Å². The minimum absolute atomic E-state index is 0.191. The minimum Gasteiger partial charge on any atom is -0.490 e. The molecule has 2 amide bonds. The highest BCUT2D eigenvalue weighted by Gasteiger charge is 2.42. The number of amides is 2. The lowest BCUT2D eigenvalue weighted by Crippen LogP contribution is -2.51. The Morgan fingerprint density at radius 2 is 1.90 bits per heavy atom. The highest BCUT2D eigenvalue weighted by molar-refractivity contribution is 9.10. The number of ether oxygens (including phenoxy) is 2. The number of rotatable bonds is 5. The standard InChI is InChI=1S/C23H25BrN2O4/c1-2-23(9-8-20(27)26-22(23)28)16-4-6-17(7-5-16)25-14-15-12-18(24)21-19(13-15)29-10-3-11-30-21/h4-7,12-13,25H,2-3,8-11,14H2,1H3,(H,26,27,28). The maximum absolute atomic E-state index is 12.6. The average Bonchev–Trinajstić information content (AvgIpc) is 2.99. The zero-order valence-corrected chi connectivity index (χ0v) is 18.5. The van der Waals surface area contributed by atoms with Gasteiger partial charge in [-0.3, -0.25) is 14.9 Å². The number of imide groups is 1. The third kappa shape index (κ3) is 4.03. The Labute approximate surface area is 184 Å². The SMILES string of the molecule is CCC1(c2ccc(NCc3cc(Br)c4c(c3)OCCCO4)cc2)CCC(=O)NC1=O. The maximum Gasteiger partial charge on any atom is 0.237 e. The van der Waals surface area contributed by atoms with Crippen molar-refractivity contribution in [3.63, 3.8) is 0 Å². The number of carbonyl (C=O) groups excluding carboxylic acids is 2. The molecule has 2 heterocycles. The van der Waals surface area contributed by atoms with Gasteiger partial charge in [-0.05, 0) is 64.2 Å². The molecule has 1 unspecified atom stereocenters. The Bertz CT molecular complexity index is 960. The molecule has 0 spiro atoms. The summed E-state index contributed by atoms with van der Waals surface area (Å²) in [6.45, 7) is 3.92. The summed E-state index contributed by atoms with van der Waals surface area (Å²) in [5, 5.41) is 5.91. The van der Waals surface area contributed by atoms with E-state index in [9.17, 15) is 9.59 Å². The Morgan fingerprint density at radius 3 is 2.63 bits per heavy atom. The molecule has 0 saturated carbocycles. The summed E-state index contributed by atoms with van der Waals surface area (Å²) in [6.07, 6.45) is 2.45. The van der Waals surface area contributed by atoms with Gasteiger partial charge in [0.05, 0.1) is 23.1 Å². The summed E-state index contributed by atoms with van der Waals surface area (Å²) in [6, 6.07) is 12.0. The molecule has 0 bridgehead atoms. The molecule has 6 nitrogen and oxygen atoms in total. The first-order valence-electron chi connectivity index (χ1n) is 10.3. The van der Waals surface area contributed by atoms with Crippen LogP contribution in [0.5, 0.6) is 11.5 Å². The van der Waals surface area contributed by atoms with Crippen molar-refractivity contribution in [2.75, 3.05) is 18.5 Å². The van der Waals surface area contributed by atoms with Crippen LogP contribution in [0.3, 0.4) is 0 Å². The van der Waals surface area contributed by atoms with E-state index < -0.39 is 5.41 Å². The second-order valence-corrected chi connectivity index (χ2v) is 8.55. The third-order valence-electron chi connectivity index (χ3n) is 5.87. The van der Waals surface area contributed by atoms with Crippen molar-refractivity contribution in [3.8, 4) is 11.5 Å². The molecular weight excluding hydrogens is 448 g/mol. The quantitative estimate of drug-likeness (QED) is 0.634. The fourth-order valence-corrected chi connectivity index (χ4v) is 4.67. The van der Waals surface area contributed by atoms with Gasteiger partial charge < -0.3 is 14.8 Å². The van der Waals surface area contributed by atoms with Gasteiger partial charge in [0.1, 0.15) is 0 Å². The number of anilines is 1. The summed E-state index contributed by atoms with van der Waals surface area (Å²) < 4.78 is 12.4. The van der Waals surface area contributed by atoms with E-state index in [-0.39, 0.29) is 11.8 Å². The largest absolute Gasteiger partial charge is 0.490 e. The highest BCUT2D eigenvalue weighted by atomic mass is 79.9. The van der Waals surface area contributed by atoms with Gasteiger partial charge in [0.15, 0.2) is 11.5 Å². The van der Waals surface area contributed by atoms with Gasteiger partial charge >= 0.3 is 0 Å². The van der Waals surface area contributed by atoms with Crippen LogP contribution < -0.4 is 20.1 Å². The highest BCUT2D eigenvalue weighted by Crippen LogP contribution is 2.39. The molecule has 7 heteroatoms. The van der Waals surface area contributed by atoms with Gasteiger partial charge in [0.25, 0.3) is 0 Å². The second kappa shape index (κ2) is 8.68. The first-order valence-corrected chi connectivity index (χ1v) is 11.1. The Hall–Kier alpha value is -2.54. The van der Waals surface area contributed by atoms with E-state index in [2.05, 4.69) is 26.6 Å². The minimum atomic E-state index is -0.633. The molecule has 2 aromatic carbocycles. The first kappa shape index (κ1) is 20.7. The van der Waals surface area contributed by atoms with Crippen molar-refractivity contribution in [3.05, 3.63) is 52.0 Å². The fraction of sp³-hybridized carbons (Fsp3) is 0.391. The Morgan fingerprint density at radius 1 is 1.13 bits per heavy atom. The summed E-state index contributed by atoms with van der Waals surface area (Å²) in [7, 11) is 0. The Balaban J connectivity index is 1.47. The molecule has 1 atom stereocenters. The van der Waals surface area contributed by atoms with Crippen LogP contribution >= 0.6 is 15.9 Å². The maximum atomic E-state index is 12.6. The van der Waals surface area contributed by atoms with Crippen LogP contribution in [0, 0.1) is 0 Å². The van der Waals surface area contributed by atoms with E-state index in [1.54, 1.807) is 0 Å². The monoisotopic (exact) mass is 472 g/mol. The van der Waals surface area contributed by atoms with Crippen LogP contribution in [0.2, 0.25) is 0 Å². The van der Waals surface area contributed by atoms with Crippen LogP contribution in [-0.2, 0) is 21.5 Å². The van der Waals surface area contributed by atoms with Crippen LogP contribution in [0.25, 0.3) is 0 Å². The van der Waals surface area contributed by atoms with E-state index in [4.69, 9.17) is 9.47 Å². The van der Waals surface area contributed by atoms with E-state index in [0.717, 1.165) is 39.2 Å². The summed E-state index contributed by atoms with van der Waals surface area (Å²) in [4.78, 5) is 24.1. The summed E-state index contributed by atoms with van der Waals surface area (Å²) in [5.74, 6) is 1.13. The van der Waals surface area contributed by atoms with Crippen molar-refractivity contribution in [2.24, 2.45) is 0 Å². The molecule has 2 aliphatic heterocycles. The lowest BCUT2D eigenvalue weighted by atomic mass is 9.72. The molecule has 158 valence electrons. The summed E-state index contributed by atoms with van der Waals surface area (Å²) >= 11 is 3.58. The van der Waals surface area contributed by atoms with Gasteiger partial charge in [-0.25, -0.2) is 0 Å². The van der Waals surface area contributed by atoms with Crippen molar-refractivity contribution in [2.45, 2.75) is 44.6 Å². The second-order valence-electron chi connectivity index (χ2n) is 7.70. The molecule has 0 aliphatic carbocycles. The molecule has 0 radical (unpaired) electrons. The molecule has 1 fully saturated rings. The van der Waals surface area contributed by atoms with Crippen LogP contribution in [0.15, 0.2) is 40.9 Å². The van der Waals surface area contributed by atoms with Crippen molar-refractivity contribution in [1.29, 1.82) is 0 Å². The predicted molar refractivity (Wildman–Crippen MR) is 118 cm³/mol. The van der Waals surface area contributed by atoms with Crippen LogP contribution in [-0.4, -0.2) is 25.0 Å². The van der Waals surface area contributed by atoms with Crippen LogP contribution in [0.4, 0.5) is 5.69 Å². The van der Waals surface area contributed by atoms with Gasteiger partial charge in [0, 0.05) is 25.1 Å². The number of piperidine rings is 1.